The van der Waals surface area contributed by atoms with Gasteiger partial charge in [-0.3, -0.25) is 0 Å². The second-order valence-corrected chi connectivity index (χ2v) is 3.79. The van der Waals surface area contributed by atoms with Gasteiger partial charge in [0.05, 0.1) is 17.7 Å². The third-order valence-electron chi connectivity index (χ3n) is 1.58. The molecule has 0 unspecified atom stereocenters. The third kappa shape index (κ3) is 3.34. The van der Waals surface area contributed by atoms with Crippen LogP contribution in [-0.4, -0.2) is 27.6 Å². The van der Waals surface area contributed by atoms with Gasteiger partial charge in [-0.05, 0) is 18.6 Å². The fraction of sp³-hybridized carbons (Fsp3) is 0.444. The molecule has 0 bridgehead atoms. The zero-order chi connectivity index (χ0) is 9.68. The van der Waals surface area contributed by atoms with E-state index < -0.39 is 6.10 Å². The highest BCUT2D eigenvalue weighted by molar-refractivity contribution is 7.99. The van der Waals surface area contributed by atoms with Crippen LogP contribution in [0.3, 0.4) is 0 Å². The van der Waals surface area contributed by atoms with Gasteiger partial charge in [-0.25, -0.2) is 4.98 Å². The normalized spacial score (nSPS) is 12.8. The van der Waals surface area contributed by atoms with Crippen molar-refractivity contribution >= 4 is 11.8 Å². The second-order valence-electron chi connectivity index (χ2n) is 2.68. The van der Waals surface area contributed by atoms with E-state index >= 15 is 0 Å². The molecule has 3 nitrogen and oxygen atoms in total. The molecule has 1 rings (SSSR count). The Bertz CT molecular complexity index is 248. The van der Waals surface area contributed by atoms with Crippen LogP contribution in [-0.2, 0) is 0 Å². The lowest BCUT2D eigenvalue weighted by atomic mass is 10.2. The SMILES string of the molecule is C[C@@H](O)c1ccc(SCCO)nc1. The summed E-state index contributed by atoms with van der Waals surface area (Å²) in [6.45, 7) is 1.86. The Morgan fingerprint density at radius 2 is 2.31 bits per heavy atom. The molecule has 0 aromatic carbocycles. The van der Waals surface area contributed by atoms with Gasteiger partial charge in [0.25, 0.3) is 0 Å². The van der Waals surface area contributed by atoms with E-state index in [1.165, 1.54) is 11.8 Å². The summed E-state index contributed by atoms with van der Waals surface area (Å²) in [6, 6.07) is 3.69. The Morgan fingerprint density at radius 3 is 2.77 bits per heavy atom. The average molecular weight is 199 g/mol. The van der Waals surface area contributed by atoms with Crippen molar-refractivity contribution in [2.75, 3.05) is 12.4 Å². The van der Waals surface area contributed by atoms with Crippen LogP contribution in [0.4, 0.5) is 0 Å². The zero-order valence-corrected chi connectivity index (χ0v) is 8.29. The summed E-state index contributed by atoms with van der Waals surface area (Å²) in [5.41, 5.74) is 0.813. The largest absolute Gasteiger partial charge is 0.396 e. The highest BCUT2D eigenvalue weighted by atomic mass is 32.2. The Labute approximate surface area is 81.8 Å². The number of nitrogens with zero attached hydrogens (tertiary/aromatic N) is 1. The average Bonchev–Trinajstić information content (AvgIpc) is 2.15. The molecule has 0 aliphatic rings. The van der Waals surface area contributed by atoms with E-state index in [0.29, 0.717) is 5.75 Å². The Kier molecular flexibility index (Phi) is 4.21. The second kappa shape index (κ2) is 5.21. The van der Waals surface area contributed by atoms with Crippen LogP contribution in [0, 0.1) is 0 Å². The molecule has 0 aliphatic carbocycles. The smallest absolute Gasteiger partial charge is 0.0960 e. The van der Waals surface area contributed by atoms with Crippen LogP contribution in [0.5, 0.6) is 0 Å². The lowest BCUT2D eigenvalue weighted by Crippen LogP contribution is -1.93. The Balaban J connectivity index is 2.59. The van der Waals surface area contributed by atoms with Gasteiger partial charge < -0.3 is 10.2 Å². The number of thioether (sulfide) groups is 1. The summed E-state index contributed by atoms with van der Waals surface area (Å²) < 4.78 is 0. The highest BCUT2D eigenvalue weighted by Gasteiger charge is 2.00. The molecule has 1 atom stereocenters. The first-order chi connectivity index (χ1) is 6.24. The van der Waals surface area contributed by atoms with E-state index in [1.54, 1.807) is 13.1 Å². The minimum absolute atomic E-state index is 0.157. The van der Waals surface area contributed by atoms with Crippen LogP contribution in [0.2, 0.25) is 0 Å². The lowest BCUT2D eigenvalue weighted by molar-refractivity contribution is 0.198. The lowest BCUT2D eigenvalue weighted by Gasteiger charge is -2.04. The summed E-state index contributed by atoms with van der Waals surface area (Å²) >= 11 is 1.50. The molecule has 1 aromatic heterocycles. The molecule has 0 saturated carbocycles. The van der Waals surface area contributed by atoms with Crippen molar-refractivity contribution in [1.29, 1.82) is 0 Å². The summed E-state index contributed by atoms with van der Waals surface area (Å²) in [5.74, 6) is 0.654. The molecule has 0 spiro atoms. The number of rotatable bonds is 4. The number of aromatic nitrogens is 1. The van der Waals surface area contributed by atoms with Gasteiger partial charge in [-0.1, -0.05) is 6.07 Å². The molecule has 13 heavy (non-hydrogen) atoms. The molecule has 2 N–H and O–H groups in total. The first-order valence-electron chi connectivity index (χ1n) is 4.11. The predicted octanol–water partition coefficient (Wildman–Crippen LogP) is 1.22. The maximum atomic E-state index is 9.20. The molecule has 1 heterocycles. The molecule has 0 aliphatic heterocycles. The molecular formula is C9H13NO2S. The highest BCUT2D eigenvalue weighted by Crippen LogP contribution is 2.17. The molecule has 0 saturated heterocycles. The van der Waals surface area contributed by atoms with E-state index in [-0.39, 0.29) is 6.61 Å². The minimum Gasteiger partial charge on any atom is -0.396 e. The fourth-order valence-electron chi connectivity index (χ4n) is 0.874. The maximum Gasteiger partial charge on any atom is 0.0960 e. The zero-order valence-electron chi connectivity index (χ0n) is 7.47. The molecule has 0 fully saturated rings. The molecule has 0 amide bonds. The quantitative estimate of drug-likeness (QED) is 0.716. The summed E-state index contributed by atoms with van der Waals surface area (Å²) in [6.07, 6.45) is 1.19. The van der Waals surface area contributed by atoms with Gasteiger partial charge in [-0.2, -0.15) is 0 Å². The van der Waals surface area contributed by atoms with E-state index in [2.05, 4.69) is 4.98 Å². The number of pyridine rings is 1. The van der Waals surface area contributed by atoms with Crippen molar-refractivity contribution in [3.63, 3.8) is 0 Å². The molecule has 4 heteroatoms. The topological polar surface area (TPSA) is 53.4 Å². The van der Waals surface area contributed by atoms with Gasteiger partial charge in [0.1, 0.15) is 0 Å². The number of aliphatic hydroxyl groups excluding tert-OH is 2. The first-order valence-corrected chi connectivity index (χ1v) is 5.10. The van der Waals surface area contributed by atoms with Crippen molar-refractivity contribution in [3.05, 3.63) is 23.9 Å². The Hall–Kier alpha value is -0.580. The van der Waals surface area contributed by atoms with Gasteiger partial charge >= 0.3 is 0 Å². The molecular weight excluding hydrogens is 186 g/mol. The van der Waals surface area contributed by atoms with E-state index in [0.717, 1.165) is 10.6 Å². The maximum absolute atomic E-state index is 9.20. The number of hydrogen-bond donors (Lipinski definition) is 2. The van der Waals surface area contributed by atoms with Crippen molar-refractivity contribution in [2.24, 2.45) is 0 Å². The minimum atomic E-state index is -0.468. The van der Waals surface area contributed by atoms with Crippen molar-refractivity contribution in [3.8, 4) is 0 Å². The van der Waals surface area contributed by atoms with Crippen molar-refractivity contribution in [1.82, 2.24) is 4.98 Å². The molecule has 1 aromatic rings. The van der Waals surface area contributed by atoms with Crippen molar-refractivity contribution < 1.29 is 10.2 Å². The van der Waals surface area contributed by atoms with Gasteiger partial charge in [-0.15, -0.1) is 11.8 Å². The summed E-state index contributed by atoms with van der Waals surface area (Å²) in [7, 11) is 0. The standard InChI is InChI=1S/C9H13NO2S/c1-7(12)8-2-3-9(10-6-8)13-5-4-11/h2-3,6-7,11-12H,4-5H2,1H3/t7-/m1/s1. The molecule has 0 radical (unpaired) electrons. The predicted molar refractivity (Wildman–Crippen MR) is 52.7 cm³/mol. The van der Waals surface area contributed by atoms with E-state index in [4.69, 9.17) is 5.11 Å². The Morgan fingerprint density at radius 1 is 1.54 bits per heavy atom. The van der Waals surface area contributed by atoms with E-state index in [1.807, 2.05) is 12.1 Å². The number of hydrogen-bond acceptors (Lipinski definition) is 4. The third-order valence-corrected chi connectivity index (χ3v) is 2.51. The molecule has 72 valence electrons. The summed E-state index contributed by atoms with van der Waals surface area (Å²) in [5, 5.41) is 18.7. The van der Waals surface area contributed by atoms with Gasteiger partial charge in [0.15, 0.2) is 0 Å². The van der Waals surface area contributed by atoms with Crippen LogP contribution in [0.25, 0.3) is 0 Å². The van der Waals surface area contributed by atoms with Gasteiger partial charge in [0.2, 0.25) is 0 Å². The monoisotopic (exact) mass is 199 g/mol. The van der Waals surface area contributed by atoms with Crippen molar-refractivity contribution in [2.45, 2.75) is 18.1 Å². The van der Waals surface area contributed by atoms with E-state index in [9.17, 15) is 5.11 Å². The van der Waals surface area contributed by atoms with Crippen LogP contribution in [0.15, 0.2) is 23.4 Å². The van der Waals surface area contributed by atoms with Crippen LogP contribution in [0.1, 0.15) is 18.6 Å². The van der Waals surface area contributed by atoms with Crippen LogP contribution >= 0.6 is 11.8 Å². The first kappa shape index (κ1) is 10.5. The fourth-order valence-corrected chi connectivity index (χ4v) is 1.47. The van der Waals surface area contributed by atoms with Gasteiger partial charge in [0, 0.05) is 11.9 Å². The van der Waals surface area contributed by atoms with Crippen LogP contribution < -0.4 is 0 Å². The number of aliphatic hydroxyl groups is 2. The summed E-state index contributed by atoms with van der Waals surface area (Å²) in [4.78, 5) is 4.13.